The van der Waals surface area contributed by atoms with Crippen LogP contribution in [0.5, 0.6) is 0 Å². The van der Waals surface area contributed by atoms with Gasteiger partial charge < -0.3 is 4.74 Å². The highest BCUT2D eigenvalue weighted by atomic mass is 127. The molecule has 0 radical (unpaired) electrons. The molecule has 88 valence electrons. The number of hydrogen-bond donors (Lipinski definition) is 0. The Morgan fingerprint density at radius 3 is 2.75 bits per heavy atom. The van der Waals surface area contributed by atoms with Crippen molar-refractivity contribution in [1.82, 2.24) is 4.98 Å². The summed E-state index contributed by atoms with van der Waals surface area (Å²) < 4.78 is 30.3. The Labute approximate surface area is 113 Å². The van der Waals surface area contributed by atoms with E-state index in [2.05, 4.69) is 25.7 Å². The smallest absolute Gasteiger partial charge is 0.356 e. The highest BCUT2D eigenvalue weighted by Crippen LogP contribution is 2.28. The van der Waals surface area contributed by atoms with E-state index in [9.17, 15) is 13.6 Å². The average Bonchev–Trinajstić information content (AvgIpc) is 2.26. The molecule has 0 saturated heterocycles. The zero-order chi connectivity index (χ0) is 12.3. The summed E-state index contributed by atoms with van der Waals surface area (Å²) in [5.41, 5.74) is 0.0897. The van der Waals surface area contributed by atoms with Crippen molar-refractivity contribution in [3.8, 4) is 0 Å². The second kappa shape index (κ2) is 5.85. The molecule has 16 heavy (non-hydrogen) atoms. The molecule has 0 N–H and O–H groups in total. The molecule has 0 aliphatic carbocycles. The minimum absolute atomic E-state index is 0.105. The molecule has 0 fully saturated rings. The van der Waals surface area contributed by atoms with Gasteiger partial charge in [0.1, 0.15) is 9.39 Å². The predicted molar refractivity (Wildman–Crippen MR) is 65.9 cm³/mol. The lowest BCUT2D eigenvalue weighted by molar-refractivity contribution is 0.0593. The molecule has 3 nitrogen and oxygen atoms in total. The summed E-state index contributed by atoms with van der Waals surface area (Å²) in [6.07, 6.45) is -2.65. The van der Waals surface area contributed by atoms with Crippen molar-refractivity contribution in [3.05, 3.63) is 26.6 Å². The number of halogens is 4. The molecule has 1 aromatic rings. The van der Waals surface area contributed by atoms with Crippen molar-refractivity contribution in [2.45, 2.75) is 11.8 Å². The van der Waals surface area contributed by atoms with Crippen LogP contribution in [0, 0.1) is 3.70 Å². The maximum Gasteiger partial charge on any atom is 0.356 e. The molecule has 1 aromatic heterocycles. The van der Waals surface area contributed by atoms with Crippen molar-refractivity contribution in [2.24, 2.45) is 0 Å². The topological polar surface area (TPSA) is 39.2 Å². The lowest BCUT2D eigenvalue weighted by Gasteiger charge is -2.09. The average molecular weight is 406 g/mol. The van der Waals surface area contributed by atoms with Gasteiger partial charge in [0, 0.05) is 16.5 Å². The number of carbonyl (C=O) groups is 1. The summed E-state index contributed by atoms with van der Waals surface area (Å²) >= 11 is 4.92. The lowest BCUT2D eigenvalue weighted by atomic mass is 10.1. The van der Waals surface area contributed by atoms with Crippen LogP contribution < -0.4 is 0 Å². The first-order valence-corrected chi connectivity index (χ1v) is 6.33. The first-order chi connectivity index (χ1) is 7.51. The normalized spacial score (nSPS) is 10.6. The van der Waals surface area contributed by atoms with Crippen LogP contribution in [0.3, 0.4) is 0 Å². The van der Waals surface area contributed by atoms with Crippen molar-refractivity contribution < 1.29 is 18.3 Å². The standard InChI is InChI=1S/C9H7BrF2INO2/c1-16-9(15)6-2-4(7(11)12)5(3-10)8(13)14-6/h2,7H,3H2,1H3. The third-order valence-electron chi connectivity index (χ3n) is 1.87. The number of aromatic nitrogens is 1. The Bertz CT molecular complexity index is 415. The molecule has 7 heteroatoms. The highest BCUT2D eigenvalue weighted by molar-refractivity contribution is 14.1. The quantitative estimate of drug-likeness (QED) is 0.335. The fourth-order valence-electron chi connectivity index (χ4n) is 1.10. The van der Waals surface area contributed by atoms with Crippen LogP contribution in [0.15, 0.2) is 6.07 Å². The molecular formula is C9H7BrF2INO2. The molecule has 1 rings (SSSR count). The molecule has 0 aliphatic rings. The summed E-state index contributed by atoms with van der Waals surface area (Å²) in [7, 11) is 1.18. The maximum atomic E-state index is 12.7. The van der Waals surface area contributed by atoms with E-state index in [0.29, 0.717) is 9.26 Å². The lowest BCUT2D eigenvalue weighted by Crippen LogP contribution is -2.09. The van der Waals surface area contributed by atoms with E-state index in [-0.39, 0.29) is 16.6 Å². The van der Waals surface area contributed by atoms with E-state index in [0.717, 1.165) is 6.07 Å². The molecule has 0 aliphatic heterocycles. The molecule has 0 aromatic carbocycles. The number of hydrogen-bond acceptors (Lipinski definition) is 3. The van der Waals surface area contributed by atoms with E-state index in [1.807, 2.05) is 22.6 Å². The summed E-state index contributed by atoms with van der Waals surface area (Å²) in [6.45, 7) is 0. The number of alkyl halides is 3. The minimum atomic E-state index is -2.65. The fourth-order valence-corrected chi connectivity index (χ4v) is 2.97. The van der Waals surface area contributed by atoms with Crippen LogP contribution in [0.1, 0.15) is 28.0 Å². The van der Waals surface area contributed by atoms with Crippen LogP contribution in [0.25, 0.3) is 0 Å². The number of pyridine rings is 1. The van der Waals surface area contributed by atoms with Gasteiger partial charge >= 0.3 is 5.97 Å². The van der Waals surface area contributed by atoms with Crippen molar-refractivity contribution in [1.29, 1.82) is 0 Å². The molecule has 0 bridgehead atoms. The van der Waals surface area contributed by atoms with Gasteiger partial charge in [-0.25, -0.2) is 18.6 Å². The van der Waals surface area contributed by atoms with Crippen LogP contribution in [-0.2, 0) is 10.1 Å². The number of methoxy groups -OCH3 is 1. The number of carbonyl (C=O) groups excluding carboxylic acids is 1. The molecule has 0 saturated carbocycles. The van der Waals surface area contributed by atoms with E-state index in [1.54, 1.807) is 0 Å². The molecule has 0 amide bonds. The van der Waals surface area contributed by atoms with Crippen LogP contribution in [-0.4, -0.2) is 18.1 Å². The van der Waals surface area contributed by atoms with E-state index in [4.69, 9.17) is 0 Å². The Hall–Kier alpha value is -0.310. The summed E-state index contributed by atoms with van der Waals surface area (Å²) in [5.74, 6) is -0.721. The van der Waals surface area contributed by atoms with Gasteiger partial charge in [0.2, 0.25) is 0 Å². The first-order valence-electron chi connectivity index (χ1n) is 4.13. The van der Waals surface area contributed by atoms with Gasteiger partial charge in [0.05, 0.1) is 7.11 Å². The van der Waals surface area contributed by atoms with Crippen molar-refractivity contribution in [2.75, 3.05) is 7.11 Å². The van der Waals surface area contributed by atoms with Crippen LogP contribution in [0.4, 0.5) is 8.78 Å². The van der Waals surface area contributed by atoms with Gasteiger partial charge in [-0.15, -0.1) is 0 Å². The molecule has 0 unspecified atom stereocenters. The van der Waals surface area contributed by atoms with Gasteiger partial charge in [0.25, 0.3) is 6.43 Å². The third-order valence-corrected chi connectivity index (χ3v) is 3.32. The molecule has 1 heterocycles. The van der Waals surface area contributed by atoms with Crippen LogP contribution >= 0.6 is 38.5 Å². The van der Waals surface area contributed by atoms with Gasteiger partial charge in [-0.2, -0.15) is 0 Å². The van der Waals surface area contributed by atoms with Crippen molar-refractivity contribution >= 4 is 44.5 Å². The predicted octanol–water partition coefficient (Wildman–Crippen LogP) is 3.31. The molecule has 0 atom stereocenters. The third kappa shape index (κ3) is 2.88. The first kappa shape index (κ1) is 13.8. The van der Waals surface area contributed by atoms with Crippen molar-refractivity contribution in [3.63, 3.8) is 0 Å². The Morgan fingerprint density at radius 1 is 1.69 bits per heavy atom. The Balaban J connectivity index is 3.33. The largest absolute Gasteiger partial charge is 0.464 e. The second-order valence-electron chi connectivity index (χ2n) is 2.79. The number of esters is 1. The zero-order valence-corrected chi connectivity index (χ0v) is 11.9. The Kier molecular flexibility index (Phi) is 5.03. The molecular weight excluding hydrogens is 399 g/mol. The van der Waals surface area contributed by atoms with Gasteiger partial charge in [-0.3, -0.25) is 0 Å². The van der Waals surface area contributed by atoms with E-state index < -0.39 is 12.4 Å². The zero-order valence-electron chi connectivity index (χ0n) is 8.14. The summed E-state index contributed by atoms with van der Waals surface area (Å²) in [5, 5.41) is 0.263. The summed E-state index contributed by atoms with van der Waals surface area (Å²) in [6, 6.07) is 1.06. The van der Waals surface area contributed by atoms with E-state index >= 15 is 0 Å². The fraction of sp³-hybridized carbons (Fsp3) is 0.333. The van der Waals surface area contributed by atoms with Gasteiger partial charge in [-0.05, 0) is 28.7 Å². The maximum absolute atomic E-state index is 12.7. The number of ether oxygens (including phenoxy) is 1. The monoisotopic (exact) mass is 405 g/mol. The number of rotatable bonds is 3. The van der Waals surface area contributed by atoms with Gasteiger partial charge in [0.15, 0.2) is 0 Å². The minimum Gasteiger partial charge on any atom is -0.464 e. The second-order valence-corrected chi connectivity index (χ2v) is 4.37. The van der Waals surface area contributed by atoms with E-state index in [1.165, 1.54) is 7.11 Å². The SMILES string of the molecule is COC(=O)c1cc(C(F)F)c(CBr)c(I)n1. The van der Waals surface area contributed by atoms with Crippen LogP contribution in [0.2, 0.25) is 0 Å². The molecule has 0 spiro atoms. The number of nitrogens with zero attached hydrogens (tertiary/aromatic N) is 1. The Morgan fingerprint density at radius 2 is 2.31 bits per heavy atom. The van der Waals surface area contributed by atoms with Gasteiger partial charge in [-0.1, -0.05) is 15.9 Å². The highest BCUT2D eigenvalue weighted by Gasteiger charge is 2.20. The summed E-state index contributed by atoms with van der Waals surface area (Å²) in [4.78, 5) is 15.1.